The van der Waals surface area contributed by atoms with Gasteiger partial charge < -0.3 is 5.32 Å². The van der Waals surface area contributed by atoms with Crippen LogP contribution >= 0.6 is 22.9 Å². The first kappa shape index (κ1) is 13.2. The van der Waals surface area contributed by atoms with Gasteiger partial charge in [0.2, 0.25) is 0 Å². The Kier molecular flexibility index (Phi) is 3.94. The molecule has 4 heteroatoms. The lowest BCUT2D eigenvalue weighted by molar-refractivity contribution is 0.327. The summed E-state index contributed by atoms with van der Waals surface area (Å²) in [5, 5.41) is 5.42. The predicted molar refractivity (Wildman–Crippen MR) is 84.3 cm³/mol. The van der Waals surface area contributed by atoms with Crippen LogP contribution < -0.4 is 5.32 Å². The monoisotopic (exact) mass is 294 g/mol. The molecule has 0 radical (unpaired) electrons. The molecule has 1 aliphatic carbocycles. The molecular formula is C15H19ClN2S. The van der Waals surface area contributed by atoms with Gasteiger partial charge >= 0.3 is 0 Å². The number of anilines is 1. The van der Waals surface area contributed by atoms with Crippen molar-refractivity contribution in [1.82, 2.24) is 4.98 Å². The van der Waals surface area contributed by atoms with Gasteiger partial charge in [0, 0.05) is 11.1 Å². The Balaban J connectivity index is 1.74. The third-order valence-electron chi connectivity index (χ3n) is 4.04. The van der Waals surface area contributed by atoms with Gasteiger partial charge in [-0.25, -0.2) is 4.98 Å². The Hall–Kier alpha value is -0.800. The second kappa shape index (κ2) is 5.68. The number of nitrogens with zero attached hydrogens (tertiary/aromatic N) is 1. The summed E-state index contributed by atoms with van der Waals surface area (Å²) in [6.07, 6.45) is 6.59. The smallest absolute Gasteiger partial charge is 0.184 e. The lowest BCUT2D eigenvalue weighted by Crippen LogP contribution is -2.26. The molecule has 2 aromatic rings. The molecule has 1 fully saturated rings. The fourth-order valence-corrected chi connectivity index (χ4v) is 4.02. The van der Waals surface area contributed by atoms with E-state index in [0.29, 0.717) is 6.04 Å². The van der Waals surface area contributed by atoms with E-state index >= 15 is 0 Å². The van der Waals surface area contributed by atoms with Crippen LogP contribution in [0.4, 0.5) is 5.13 Å². The highest BCUT2D eigenvalue weighted by Gasteiger charge is 2.21. The standard InChI is InChI=1S/C15H19ClN2S/c1-2-10-4-3-5-12(8-10)17-15-18-13-9-11(16)6-7-14(13)19-15/h6-7,9-10,12H,2-5,8H2,1H3,(H,17,18). The van der Waals surface area contributed by atoms with E-state index in [1.54, 1.807) is 11.3 Å². The van der Waals surface area contributed by atoms with Crippen molar-refractivity contribution in [2.24, 2.45) is 5.92 Å². The summed E-state index contributed by atoms with van der Waals surface area (Å²) in [5.41, 5.74) is 1.00. The zero-order valence-electron chi connectivity index (χ0n) is 11.2. The number of halogens is 1. The molecule has 0 spiro atoms. The van der Waals surface area contributed by atoms with Gasteiger partial charge in [-0.15, -0.1) is 0 Å². The summed E-state index contributed by atoms with van der Waals surface area (Å²) in [6, 6.07) is 6.51. The van der Waals surface area contributed by atoms with Gasteiger partial charge in [0.05, 0.1) is 10.2 Å². The number of fused-ring (bicyclic) bond motifs is 1. The number of hydrogen-bond donors (Lipinski definition) is 1. The summed E-state index contributed by atoms with van der Waals surface area (Å²) in [7, 11) is 0. The van der Waals surface area contributed by atoms with Crippen molar-refractivity contribution < 1.29 is 0 Å². The average molecular weight is 295 g/mol. The van der Waals surface area contributed by atoms with E-state index in [0.717, 1.165) is 21.6 Å². The van der Waals surface area contributed by atoms with Gasteiger partial charge in [-0.3, -0.25) is 0 Å². The number of rotatable bonds is 3. The van der Waals surface area contributed by atoms with Crippen molar-refractivity contribution in [3.8, 4) is 0 Å². The van der Waals surface area contributed by atoms with Crippen molar-refractivity contribution in [2.75, 3.05) is 5.32 Å². The minimum Gasteiger partial charge on any atom is -0.359 e. The van der Waals surface area contributed by atoms with E-state index in [4.69, 9.17) is 11.6 Å². The van der Waals surface area contributed by atoms with Crippen LogP contribution in [0.25, 0.3) is 10.2 Å². The molecule has 2 atom stereocenters. The highest BCUT2D eigenvalue weighted by molar-refractivity contribution is 7.22. The Labute approximate surface area is 123 Å². The van der Waals surface area contributed by atoms with E-state index in [1.807, 2.05) is 12.1 Å². The molecule has 3 rings (SSSR count). The molecule has 1 N–H and O–H groups in total. The average Bonchev–Trinajstić information content (AvgIpc) is 2.80. The number of nitrogens with one attached hydrogen (secondary N) is 1. The van der Waals surface area contributed by atoms with Crippen LogP contribution in [-0.4, -0.2) is 11.0 Å². The molecule has 2 nitrogen and oxygen atoms in total. The van der Waals surface area contributed by atoms with Gasteiger partial charge in [-0.2, -0.15) is 0 Å². The third kappa shape index (κ3) is 3.03. The molecule has 1 saturated carbocycles. The van der Waals surface area contributed by atoms with Crippen LogP contribution in [0.2, 0.25) is 5.02 Å². The van der Waals surface area contributed by atoms with E-state index in [1.165, 1.54) is 36.8 Å². The van der Waals surface area contributed by atoms with Crippen LogP contribution in [0.15, 0.2) is 18.2 Å². The van der Waals surface area contributed by atoms with Gasteiger partial charge in [0.25, 0.3) is 0 Å². The van der Waals surface area contributed by atoms with Gasteiger partial charge in [0.15, 0.2) is 5.13 Å². The second-order valence-electron chi connectivity index (χ2n) is 5.41. The fourth-order valence-electron chi connectivity index (χ4n) is 2.93. The van der Waals surface area contributed by atoms with Crippen LogP contribution in [-0.2, 0) is 0 Å². The maximum absolute atomic E-state index is 6.00. The molecular weight excluding hydrogens is 276 g/mol. The zero-order valence-corrected chi connectivity index (χ0v) is 12.7. The van der Waals surface area contributed by atoms with Gasteiger partial charge in [0.1, 0.15) is 0 Å². The minimum absolute atomic E-state index is 0.592. The topological polar surface area (TPSA) is 24.9 Å². The summed E-state index contributed by atoms with van der Waals surface area (Å²) < 4.78 is 1.20. The lowest BCUT2D eigenvalue weighted by atomic mass is 9.84. The van der Waals surface area contributed by atoms with Gasteiger partial charge in [-0.05, 0) is 37.0 Å². The Morgan fingerprint density at radius 3 is 3.16 bits per heavy atom. The van der Waals surface area contributed by atoms with Crippen LogP contribution in [0, 0.1) is 5.92 Å². The maximum Gasteiger partial charge on any atom is 0.184 e. The van der Waals surface area contributed by atoms with Crippen LogP contribution in [0.3, 0.4) is 0 Å². The Morgan fingerprint density at radius 2 is 2.32 bits per heavy atom. The minimum atomic E-state index is 0.592. The van der Waals surface area contributed by atoms with Crippen molar-refractivity contribution >= 4 is 38.3 Å². The van der Waals surface area contributed by atoms with Gasteiger partial charge in [-0.1, -0.05) is 49.1 Å². The first-order chi connectivity index (χ1) is 9.24. The zero-order chi connectivity index (χ0) is 13.2. The maximum atomic E-state index is 6.00. The molecule has 1 aliphatic rings. The predicted octanol–water partition coefficient (Wildman–Crippen LogP) is 5.33. The molecule has 1 aromatic carbocycles. The molecule has 0 aliphatic heterocycles. The summed E-state index contributed by atoms with van der Waals surface area (Å²) in [4.78, 5) is 4.64. The molecule has 1 aromatic heterocycles. The van der Waals surface area contributed by atoms with Crippen LogP contribution in [0.1, 0.15) is 39.0 Å². The SMILES string of the molecule is CCC1CCCC(Nc2nc3cc(Cl)ccc3s2)C1. The third-order valence-corrected chi connectivity index (χ3v) is 5.24. The van der Waals surface area contributed by atoms with E-state index in [-0.39, 0.29) is 0 Å². The van der Waals surface area contributed by atoms with Crippen molar-refractivity contribution in [3.05, 3.63) is 23.2 Å². The molecule has 102 valence electrons. The van der Waals surface area contributed by atoms with E-state index < -0.39 is 0 Å². The fraction of sp³-hybridized carbons (Fsp3) is 0.533. The number of hydrogen-bond acceptors (Lipinski definition) is 3. The van der Waals surface area contributed by atoms with Crippen molar-refractivity contribution in [1.29, 1.82) is 0 Å². The summed E-state index contributed by atoms with van der Waals surface area (Å²) in [6.45, 7) is 2.30. The number of aromatic nitrogens is 1. The quantitative estimate of drug-likeness (QED) is 0.827. The first-order valence-electron chi connectivity index (χ1n) is 7.07. The molecule has 2 unspecified atom stereocenters. The highest BCUT2D eigenvalue weighted by Crippen LogP contribution is 2.32. The van der Waals surface area contributed by atoms with Crippen LogP contribution in [0.5, 0.6) is 0 Å². The molecule has 0 bridgehead atoms. The second-order valence-corrected chi connectivity index (χ2v) is 6.88. The number of benzene rings is 1. The Morgan fingerprint density at radius 1 is 1.42 bits per heavy atom. The lowest BCUT2D eigenvalue weighted by Gasteiger charge is -2.28. The molecule has 0 saturated heterocycles. The summed E-state index contributed by atoms with van der Waals surface area (Å²) in [5.74, 6) is 0.884. The molecule has 0 amide bonds. The van der Waals surface area contributed by atoms with E-state index in [2.05, 4.69) is 23.3 Å². The van der Waals surface area contributed by atoms with Crippen molar-refractivity contribution in [3.63, 3.8) is 0 Å². The Bertz CT molecular complexity index is 566. The van der Waals surface area contributed by atoms with E-state index in [9.17, 15) is 0 Å². The largest absolute Gasteiger partial charge is 0.359 e. The normalized spacial score (nSPS) is 23.7. The highest BCUT2D eigenvalue weighted by atomic mass is 35.5. The van der Waals surface area contributed by atoms with Crippen molar-refractivity contribution in [2.45, 2.75) is 45.1 Å². The molecule has 19 heavy (non-hydrogen) atoms. The number of thiazole rings is 1. The first-order valence-corrected chi connectivity index (χ1v) is 8.26. The molecule has 1 heterocycles. The summed E-state index contributed by atoms with van der Waals surface area (Å²) >= 11 is 7.73.